The number of nitrogens with zero attached hydrogens (tertiary/aromatic N) is 2. The number of halogens is 1. The van der Waals surface area contributed by atoms with Gasteiger partial charge in [0.1, 0.15) is 5.75 Å². The van der Waals surface area contributed by atoms with E-state index in [-0.39, 0.29) is 0 Å². The first-order chi connectivity index (χ1) is 9.74. The third-order valence-electron chi connectivity index (χ3n) is 3.42. The van der Waals surface area contributed by atoms with E-state index in [2.05, 4.69) is 10.4 Å². The molecule has 1 heterocycles. The van der Waals surface area contributed by atoms with Crippen molar-refractivity contribution in [3.8, 4) is 5.75 Å². The predicted octanol–water partition coefficient (Wildman–Crippen LogP) is 2.85. The van der Waals surface area contributed by atoms with Crippen molar-refractivity contribution < 1.29 is 4.74 Å². The molecule has 106 valence electrons. The van der Waals surface area contributed by atoms with Gasteiger partial charge in [-0.1, -0.05) is 11.6 Å². The molecule has 0 atom stereocenters. The minimum absolute atomic E-state index is 0.660. The van der Waals surface area contributed by atoms with Crippen LogP contribution in [0.1, 0.15) is 24.1 Å². The van der Waals surface area contributed by atoms with Crippen molar-refractivity contribution in [3.05, 3.63) is 46.7 Å². The molecule has 0 unspecified atom stereocenters. The molecule has 1 aromatic heterocycles. The Labute approximate surface area is 123 Å². The summed E-state index contributed by atoms with van der Waals surface area (Å²) in [6, 6.07) is 8.39. The van der Waals surface area contributed by atoms with Crippen LogP contribution in [-0.4, -0.2) is 22.9 Å². The van der Waals surface area contributed by atoms with Gasteiger partial charge in [-0.2, -0.15) is 5.10 Å². The van der Waals surface area contributed by atoms with Gasteiger partial charge in [-0.15, -0.1) is 0 Å². The maximum atomic E-state index is 6.04. The van der Waals surface area contributed by atoms with E-state index in [0.29, 0.717) is 17.6 Å². The second-order valence-corrected chi connectivity index (χ2v) is 5.55. The highest BCUT2D eigenvalue weighted by molar-refractivity contribution is 6.30. The molecule has 0 saturated heterocycles. The Morgan fingerprint density at radius 2 is 2.25 bits per heavy atom. The lowest BCUT2D eigenvalue weighted by molar-refractivity contribution is 0.407. The molecule has 0 amide bonds. The molecule has 2 aromatic rings. The molecular weight excluding hydrogens is 274 g/mol. The highest BCUT2D eigenvalue weighted by Gasteiger charge is 2.20. The Balaban J connectivity index is 1.68. The van der Waals surface area contributed by atoms with Crippen molar-refractivity contribution >= 4 is 11.6 Å². The van der Waals surface area contributed by atoms with E-state index in [1.807, 2.05) is 35.1 Å². The van der Waals surface area contributed by atoms with Gasteiger partial charge in [0.15, 0.2) is 0 Å². The van der Waals surface area contributed by atoms with Crippen LogP contribution in [0.15, 0.2) is 30.5 Å². The van der Waals surface area contributed by atoms with Gasteiger partial charge >= 0.3 is 0 Å². The lowest BCUT2D eigenvalue weighted by atomic mass is 10.2. The van der Waals surface area contributed by atoms with E-state index in [0.717, 1.165) is 23.6 Å². The van der Waals surface area contributed by atoms with Gasteiger partial charge in [-0.3, -0.25) is 4.68 Å². The Bertz CT molecular complexity index is 593. The topological polar surface area (TPSA) is 39.1 Å². The molecule has 1 aliphatic rings. The van der Waals surface area contributed by atoms with Gasteiger partial charge in [-0.25, -0.2) is 0 Å². The SMILES string of the molecule is COc1ccc(Cl)cc1Cn1ccc(CNC2CC2)n1. The summed E-state index contributed by atoms with van der Waals surface area (Å²) in [6.07, 6.45) is 4.57. The zero-order valence-corrected chi connectivity index (χ0v) is 12.2. The summed E-state index contributed by atoms with van der Waals surface area (Å²) in [6.45, 7) is 1.50. The summed E-state index contributed by atoms with van der Waals surface area (Å²) >= 11 is 6.04. The number of methoxy groups -OCH3 is 1. The van der Waals surface area contributed by atoms with Crippen LogP contribution >= 0.6 is 11.6 Å². The van der Waals surface area contributed by atoms with E-state index in [1.54, 1.807) is 7.11 Å². The maximum Gasteiger partial charge on any atom is 0.124 e. The molecule has 0 spiro atoms. The summed E-state index contributed by atoms with van der Waals surface area (Å²) < 4.78 is 7.27. The van der Waals surface area contributed by atoms with Crippen LogP contribution in [0.3, 0.4) is 0 Å². The Morgan fingerprint density at radius 1 is 1.40 bits per heavy atom. The fourth-order valence-electron chi connectivity index (χ4n) is 2.17. The smallest absolute Gasteiger partial charge is 0.124 e. The van der Waals surface area contributed by atoms with Crippen LogP contribution in [0.4, 0.5) is 0 Å². The monoisotopic (exact) mass is 291 g/mol. The van der Waals surface area contributed by atoms with E-state index in [4.69, 9.17) is 16.3 Å². The first kappa shape index (κ1) is 13.5. The van der Waals surface area contributed by atoms with Crippen molar-refractivity contribution in [2.75, 3.05) is 7.11 Å². The fraction of sp³-hybridized carbons (Fsp3) is 0.400. The summed E-state index contributed by atoms with van der Waals surface area (Å²) in [5.74, 6) is 0.836. The molecule has 5 heteroatoms. The Hall–Kier alpha value is -1.52. The Morgan fingerprint density at radius 3 is 3.00 bits per heavy atom. The third kappa shape index (κ3) is 3.32. The van der Waals surface area contributed by atoms with Crippen LogP contribution in [-0.2, 0) is 13.1 Å². The zero-order valence-electron chi connectivity index (χ0n) is 11.5. The number of nitrogens with one attached hydrogen (secondary N) is 1. The molecule has 1 saturated carbocycles. The molecule has 0 aliphatic heterocycles. The maximum absolute atomic E-state index is 6.04. The second kappa shape index (κ2) is 5.85. The molecule has 20 heavy (non-hydrogen) atoms. The number of aromatic nitrogens is 2. The average Bonchev–Trinajstić information content (AvgIpc) is 3.17. The molecule has 1 fully saturated rings. The van der Waals surface area contributed by atoms with Crippen molar-refractivity contribution in [2.45, 2.75) is 32.0 Å². The highest BCUT2D eigenvalue weighted by Crippen LogP contribution is 2.23. The lowest BCUT2D eigenvalue weighted by Gasteiger charge is -2.09. The van der Waals surface area contributed by atoms with E-state index in [9.17, 15) is 0 Å². The van der Waals surface area contributed by atoms with Crippen LogP contribution < -0.4 is 10.1 Å². The molecule has 1 N–H and O–H groups in total. The molecule has 1 aromatic carbocycles. The van der Waals surface area contributed by atoms with E-state index in [1.165, 1.54) is 12.8 Å². The second-order valence-electron chi connectivity index (χ2n) is 5.12. The minimum atomic E-state index is 0.660. The number of benzene rings is 1. The van der Waals surface area contributed by atoms with E-state index < -0.39 is 0 Å². The molecule has 0 radical (unpaired) electrons. The van der Waals surface area contributed by atoms with Gasteiger partial charge in [0.25, 0.3) is 0 Å². The van der Waals surface area contributed by atoms with Crippen LogP contribution in [0.2, 0.25) is 5.02 Å². The van der Waals surface area contributed by atoms with Gasteiger partial charge in [0, 0.05) is 29.4 Å². The standard InChI is InChI=1S/C15H18ClN3O/c1-20-15-5-2-12(16)8-11(15)10-19-7-6-14(18-19)9-17-13-3-4-13/h2,5-8,13,17H,3-4,9-10H2,1H3. The quantitative estimate of drug-likeness (QED) is 0.889. The van der Waals surface area contributed by atoms with Crippen molar-refractivity contribution in [2.24, 2.45) is 0 Å². The van der Waals surface area contributed by atoms with Crippen LogP contribution in [0, 0.1) is 0 Å². The zero-order chi connectivity index (χ0) is 13.9. The third-order valence-corrected chi connectivity index (χ3v) is 3.65. The highest BCUT2D eigenvalue weighted by atomic mass is 35.5. The van der Waals surface area contributed by atoms with Crippen molar-refractivity contribution in [1.82, 2.24) is 15.1 Å². The largest absolute Gasteiger partial charge is 0.496 e. The summed E-state index contributed by atoms with van der Waals surface area (Å²) in [5, 5.41) is 8.74. The summed E-state index contributed by atoms with van der Waals surface area (Å²) in [4.78, 5) is 0. The normalized spacial score (nSPS) is 14.5. The lowest BCUT2D eigenvalue weighted by Crippen LogP contribution is -2.16. The van der Waals surface area contributed by atoms with Crippen LogP contribution in [0.25, 0.3) is 0 Å². The molecule has 4 nitrogen and oxygen atoms in total. The average molecular weight is 292 g/mol. The number of hydrogen-bond acceptors (Lipinski definition) is 3. The predicted molar refractivity (Wildman–Crippen MR) is 79.2 cm³/mol. The number of hydrogen-bond donors (Lipinski definition) is 1. The first-order valence-electron chi connectivity index (χ1n) is 6.83. The molecule has 0 bridgehead atoms. The van der Waals surface area contributed by atoms with Crippen molar-refractivity contribution in [1.29, 1.82) is 0 Å². The summed E-state index contributed by atoms with van der Waals surface area (Å²) in [5.41, 5.74) is 2.10. The molecular formula is C15H18ClN3O. The van der Waals surface area contributed by atoms with Gasteiger partial charge < -0.3 is 10.1 Å². The van der Waals surface area contributed by atoms with Crippen LogP contribution in [0.5, 0.6) is 5.75 Å². The van der Waals surface area contributed by atoms with E-state index >= 15 is 0 Å². The number of rotatable bonds is 6. The summed E-state index contributed by atoms with van der Waals surface area (Å²) in [7, 11) is 1.67. The number of ether oxygens (including phenoxy) is 1. The fourth-order valence-corrected chi connectivity index (χ4v) is 2.36. The first-order valence-corrected chi connectivity index (χ1v) is 7.20. The van der Waals surface area contributed by atoms with Gasteiger partial charge in [0.2, 0.25) is 0 Å². The van der Waals surface area contributed by atoms with Gasteiger partial charge in [0.05, 0.1) is 19.3 Å². The van der Waals surface area contributed by atoms with Crippen molar-refractivity contribution in [3.63, 3.8) is 0 Å². The van der Waals surface area contributed by atoms with Gasteiger partial charge in [-0.05, 0) is 37.1 Å². The molecule has 3 rings (SSSR count). The Kier molecular flexibility index (Phi) is 3.94. The minimum Gasteiger partial charge on any atom is -0.496 e. The molecule has 1 aliphatic carbocycles.